The summed E-state index contributed by atoms with van der Waals surface area (Å²) in [6.45, 7) is 6.92. The minimum atomic E-state index is -0.497. The Morgan fingerprint density at radius 3 is 2.46 bits per heavy atom. The lowest BCUT2D eigenvalue weighted by Gasteiger charge is -2.33. The number of carbonyl (C=O) groups excluding carboxylic acids is 2. The molecule has 0 aliphatic carbocycles. The number of urea groups is 1. The average molecular weight is 531 g/mol. The van der Waals surface area contributed by atoms with Gasteiger partial charge in [-0.1, -0.05) is 12.1 Å². The van der Waals surface area contributed by atoms with E-state index < -0.39 is 5.60 Å². The van der Waals surface area contributed by atoms with Crippen LogP contribution in [0.25, 0.3) is 28.0 Å². The first-order valence-corrected chi connectivity index (χ1v) is 13.0. The minimum Gasteiger partial charge on any atom is -0.444 e. The fraction of sp³-hybridized carbons (Fsp3) is 0.393. The number of amides is 3. The van der Waals surface area contributed by atoms with Crippen LogP contribution in [0.15, 0.2) is 55.1 Å². The summed E-state index contributed by atoms with van der Waals surface area (Å²) in [5, 5.41) is 12.1. The molecule has 5 rings (SSSR count). The third-order valence-electron chi connectivity index (χ3n) is 6.60. The van der Waals surface area contributed by atoms with Crippen molar-refractivity contribution in [2.75, 3.05) is 32.5 Å². The molecular weight excluding hydrogens is 496 g/mol. The number of carbonyl (C=O) groups is 2. The average Bonchev–Trinajstić information content (AvgIpc) is 3.55. The van der Waals surface area contributed by atoms with E-state index in [-0.39, 0.29) is 18.2 Å². The standard InChI is InChI=1S/C28H34N8O3/c1-28(2,3)39-27(38)34-11-9-23(10-12-34)35-18-21(16-30-35)20-14-25-29-17-24(36(25)31-15-20)19-7-6-8-22(13-19)32-26(37)33(4)5/h6-8,13-18,23H,9-12H2,1-5H3,(H,32,37). The van der Waals surface area contributed by atoms with Crippen molar-refractivity contribution in [1.29, 1.82) is 0 Å². The van der Waals surface area contributed by atoms with Crippen molar-refractivity contribution in [2.45, 2.75) is 45.3 Å². The van der Waals surface area contributed by atoms with E-state index in [1.807, 2.05) is 74.4 Å². The van der Waals surface area contributed by atoms with Crippen molar-refractivity contribution in [1.82, 2.24) is 34.2 Å². The molecule has 1 N–H and O–H groups in total. The van der Waals surface area contributed by atoms with Gasteiger partial charge in [0.05, 0.1) is 30.3 Å². The molecule has 1 aliphatic heterocycles. The van der Waals surface area contributed by atoms with Crippen LogP contribution < -0.4 is 5.32 Å². The number of nitrogens with one attached hydrogen (secondary N) is 1. The molecule has 4 heterocycles. The Bertz CT molecular complexity index is 1490. The number of hydrogen-bond acceptors (Lipinski definition) is 6. The SMILES string of the molecule is CN(C)C(=O)Nc1cccc(-c2cnc3cc(-c4cnn(C5CCN(C(=O)OC(C)(C)C)CC5)c4)cnn23)c1. The number of fused-ring (bicyclic) bond motifs is 1. The van der Waals surface area contributed by atoms with E-state index >= 15 is 0 Å². The van der Waals surface area contributed by atoms with E-state index in [0.29, 0.717) is 24.4 Å². The summed E-state index contributed by atoms with van der Waals surface area (Å²) in [4.78, 5) is 32.2. The van der Waals surface area contributed by atoms with Gasteiger partial charge in [-0.05, 0) is 51.8 Å². The third-order valence-corrected chi connectivity index (χ3v) is 6.60. The molecule has 11 heteroatoms. The molecule has 0 atom stereocenters. The van der Waals surface area contributed by atoms with Crippen molar-refractivity contribution >= 4 is 23.5 Å². The van der Waals surface area contributed by atoms with Crippen LogP contribution in [0.5, 0.6) is 0 Å². The van der Waals surface area contributed by atoms with Crippen molar-refractivity contribution in [3.63, 3.8) is 0 Å². The quantitative estimate of drug-likeness (QED) is 0.401. The second kappa shape index (κ2) is 10.4. The molecule has 4 aromatic rings. The van der Waals surface area contributed by atoms with E-state index in [9.17, 15) is 9.59 Å². The predicted molar refractivity (Wildman–Crippen MR) is 148 cm³/mol. The summed E-state index contributed by atoms with van der Waals surface area (Å²) in [6, 6.07) is 9.61. The van der Waals surface area contributed by atoms with Gasteiger partial charge >= 0.3 is 12.1 Å². The first-order valence-electron chi connectivity index (χ1n) is 13.0. The topological polar surface area (TPSA) is 110 Å². The Hall–Kier alpha value is -4.41. The third kappa shape index (κ3) is 5.87. The first-order chi connectivity index (χ1) is 18.6. The Morgan fingerprint density at radius 1 is 1.00 bits per heavy atom. The van der Waals surface area contributed by atoms with Crippen molar-refractivity contribution in [3.05, 3.63) is 55.1 Å². The van der Waals surface area contributed by atoms with E-state index in [1.165, 1.54) is 4.90 Å². The zero-order valence-corrected chi connectivity index (χ0v) is 23.0. The summed E-state index contributed by atoms with van der Waals surface area (Å²) in [6.07, 6.45) is 8.83. The van der Waals surface area contributed by atoms with Gasteiger partial charge in [-0.15, -0.1) is 0 Å². The smallest absolute Gasteiger partial charge is 0.410 e. The highest BCUT2D eigenvalue weighted by Crippen LogP contribution is 2.28. The summed E-state index contributed by atoms with van der Waals surface area (Å²) < 4.78 is 9.27. The van der Waals surface area contributed by atoms with Gasteiger partial charge in [-0.3, -0.25) is 4.68 Å². The first kappa shape index (κ1) is 26.2. The zero-order chi connectivity index (χ0) is 27.7. The van der Waals surface area contributed by atoms with Crippen LogP contribution in [0, 0.1) is 0 Å². The zero-order valence-electron chi connectivity index (χ0n) is 23.0. The van der Waals surface area contributed by atoms with Crippen LogP contribution in [-0.4, -0.2) is 79.1 Å². The number of ether oxygens (including phenoxy) is 1. The lowest BCUT2D eigenvalue weighted by Crippen LogP contribution is -2.42. The summed E-state index contributed by atoms with van der Waals surface area (Å²) in [7, 11) is 3.40. The maximum Gasteiger partial charge on any atom is 0.410 e. The molecule has 1 aromatic carbocycles. The Balaban J connectivity index is 1.28. The van der Waals surface area contributed by atoms with Crippen LogP contribution in [0.1, 0.15) is 39.7 Å². The maximum absolute atomic E-state index is 12.4. The van der Waals surface area contributed by atoms with Gasteiger partial charge in [-0.25, -0.2) is 19.1 Å². The molecule has 11 nitrogen and oxygen atoms in total. The monoisotopic (exact) mass is 530 g/mol. The largest absolute Gasteiger partial charge is 0.444 e. The molecule has 0 bridgehead atoms. The number of benzene rings is 1. The van der Waals surface area contributed by atoms with Crippen molar-refractivity contribution in [2.24, 2.45) is 0 Å². The molecule has 0 radical (unpaired) electrons. The van der Waals surface area contributed by atoms with Gasteiger partial charge in [0, 0.05) is 55.8 Å². The molecule has 1 aliphatic rings. The molecular formula is C28H34N8O3. The fourth-order valence-electron chi connectivity index (χ4n) is 4.55. The Kier molecular flexibility index (Phi) is 6.98. The van der Waals surface area contributed by atoms with Crippen molar-refractivity contribution in [3.8, 4) is 22.4 Å². The van der Waals surface area contributed by atoms with E-state index in [2.05, 4.69) is 20.5 Å². The number of rotatable bonds is 4. The molecule has 204 valence electrons. The van der Waals surface area contributed by atoms with Gasteiger partial charge in [0.15, 0.2) is 5.65 Å². The minimum absolute atomic E-state index is 0.192. The molecule has 0 spiro atoms. The lowest BCUT2D eigenvalue weighted by atomic mass is 10.1. The normalized spacial score (nSPS) is 14.4. The number of aromatic nitrogens is 5. The van der Waals surface area contributed by atoms with Gasteiger partial charge in [0.1, 0.15) is 5.60 Å². The number of piperidine rings is 1. The summed E-state index contributed by atoms with van der Waals surface area (Å²) >= 11 is 0. The molecule has 3 amide bonds. The van der Waals surface area contributed by atoms with Gasteiger partial charge in [0.25, 0.3) is 0 Å². The summed E-state index contributed by atoms with van der Waals surface area (Å²) in [5.74, 6) is 0. The van der Waals surface area contributed by atoms with E-state index in [1.54, 1.807) is 29.7 Å². The highest BCUT2D eigenvalue weighted by molar-refractivity contribution is 5.89. The van der Waals surface area contributed by atoms with Crippen LogP contribution in [0.2, 0.25) is 0 Å². The van der Waals surface area contributed by atoms with Crippen LogP contribution in [-0.2, 0) is 4.74 Å². The number of hydrogen-bond donors (Lipinski definition) is 1. The molecule has 39 heavy (non-hydrogen) atoms. The molecule has 0 unspecified atom stereocenters. The van der Waals surface area contributed by atoms with Gasteiger partial charge in [0.2, 0.25) is 0 Å². The predicted octanol–water partition coefficient (Wildman–Crippen LogP) is 4.93. The highest BCUT2D eigenvalue weighted by Gasteiger charge is 2.28. The lowest BCUT2D eigenvalue weighted by molar-refractivity contribution is 0.0184. The van der Waals surface area contributed by atoms with E-state index in [4.69, 9.17) is 4.74 Å². The number of likely N-dealkylation sites (tertiary alicyclic amines) is 1. The fourth-order valence-corrected chi connectivity index (χ4v) is 4.55. The molecule has 1 saturated heterocycles. The van der Waals surface area contributed by atoms with Crippen molar-refractivity contribution < 1.29 is 14.3 Å². The Morgan fingerprint density at radius 2 is 1.74 bits per heavy atom. The second-order valence-electron chi connectivity index (χ2n) is 11.0. The maximum atomic E-state index is 12.4. The van der Waals surface area contributed by atoms with Crippen LogP contribution in [0.4, 0.5) is 15.3 Å². The second-order valence-corrected chi connectivity index (χ2v) is 11.0. The molecule has 0 saturated carbocycles. The van der Waals surface area contributed by atoms with E-state index in [0.717, 1.165) is 35.2 Å². The highest BCUT2D eigenvalue weighted by atomic mass is 16.6. The Labute approximate surface area is 227 Å². The van der Waals surface area contributed by atoms with Gasteiger partial charge < -0.3 is 19.9 Å². The van der Waals surface area contributed by atoms with Gasteiger partial charge in [-0.2, -0.15) is 10.2 Å². The number of nitrogens with zero attached hydrogens (tertiary/aromatic N) is 7. The molecule has 1 fully saturated rings. The van der Waals surface area contributed by atoms with Crippen LogP contribution >= 0.6 is 0 Å². The molecule has 3 aromatic heterocycles. The summed E-state index contributed by atoms with van der Waals surface area (Å²) in [5.41, 5.74) is 4.51. The number of anilines is 1. The number of imidazole rings is 1. The van der Waals surface area contributed by atoms with Crippen LogP contribution in [0.3, 0.4) is 0 Å².